The molecule has 0 atom stereocenters. The highest BCUT2D eigenvalue weighted by molar-refractivity contribution is 7.22. The molecule has 1 amide bonds. The maximum Gasteiger partial charge on any atom is 0.289 e. The summed E-state index contributed by atoms with van der Waals surface area (Å²) in [4.78, 5) is 25.4. The van der Waals surface area contributed by atoms with Crippen molar-refractivity contribution < 1.29 is 4.79 Å². The van der Waals surface area contributed by atoms with Gasteiger partial charge in [-0.25, -0.2) is 9.97 Å². The van der Waals surface area contributed by atoms with Crippen molar-refractivity contribution in [3.05, 3.63) is 41.4 Å². The molecule has 1 saturated heterocycles. The molecule has 24 heavy (non-hydrogen) atoms. The number of nitrogens with zero attached hydrogens (tertiary/aromatic N) is 5. The van der Waals surface area contributed by atoms with E-state index < -0.39 is 0 Å². The smallest absolute Gasteiger partial charge is 0.289 e. The van der Waals surface area contributed by atoms with Crippen LogP contribution >= 0.6 is 22.9 Å². The van der Waals surface area contributed by atoms with E-state index in [4.69, 9.17) is 11.6 Å². The van der Waals surface area contributed by atoms with Crippen molar-refractivity contribution in [3.8, 4) is 0 Å². The number of carbonyl (C=O) groups is 1. The van der Waals surface area contributed by atoms with Gasteiger partial charge in [-0.2, -0.15) is 0 Å². The van der Waals surface area contributed by atoms with Gasteiger partial charge in [0.2, 0.25) is 0 Å². The third-order valence-corrected chi connectivity index (χ3v) is 5.59. The minimum absolute atomic E-state index is 0.0190. The molecule has 0 aliphatic carbocycles. The number of para-hydroxylation sites is 1. The van der Waals surface area contributed by atoms with Crippen molar-refractivity contribution in [3.63, 3.8) is 0 Å². The number of benzene rings is 1. The van der Waals surface area contributed by atoms with Crippen LogP contribution in [0.5, 0.6) is 0 Å². The molecule has 1 aromatic carbocycles. The van der Waals surface area contributed by atoms with Gasteiger partial charge in [-0.1, -0.05) is 29.0 Å². The average molecular weight is 362 g/mol. The molecule has 0 spiro atoms. The highest BCUT2D eigenvalue weighted by Crippen LogP contribution is 2.33. The molecule has 6 nitrogen and oxygen atoms in total. The minimum atomic E-state index is -0.0190. The number of hydrogen-bond acceptors (Lipinski definition) is 5. The quantitative estimate of drug-likeness (QED) is 0.704. The molecule has 3 heterocycles. The third kappa shape index (κ3) is 2.63. The molecule has 8 heteroatoms. The fourth-order valence-electron chi connectivity index (χ4n) is 2.85. The molecule has 1 aliphatic rings. The Bertz CT molecular complexity index is 897. The number of anilines is 1. The van der Waals surface area contributed by atoms with E-state index in [0.717, 1.165) is 28.4 Å². The summed E-state index contributed by atoms with van der Waals surface area (Å²) < 4.78 is 2.84. The summed E-state index contributed by atoms with van der Waals surface area (Å²) >= 11 is 7.85. The third-order valence-electron chi connectivity index (χ3n) is 4.21. The molecule has 124 valence electrons. The highest BCUT2D eigenvalue weighted by Gasteiger charge is 2.26. The summed E-state index contributed by atoms with van der Waals surface area (Å²) in [6.07, 6.45) is 3.43. The zero-order valence-electron chi connectivity index (χ0n) is 13.1. The Morgan fingerprint density at radius 3 is 2.71 bits per heavy atom. The van der Waals surface area contributed by atoms with Gasteiger partial charge < -0.3 is 14.4 Å². The number of aryl methyl sites for hydroxylation is 1. The Morgan fingerprint density at radius 2 is 2.04 bits per heavy atom. The number of aromatic nitrogens is 3. The molecule has 3 aromatic rings. The van der Waals surface area contributed by atoms with Gasteiger partial charge in [-0.3, -0.25) is 4.79 Å². The lowest BCUT2D eigenvalue weighted by Gasteiger charge is -2.34. The molecule has 0 N–H and O–H groups in total. The fraction of sp³-hybridized carbons (Fsp3) is 0.312. The predicted molar refractivity (Wildman–Crippen MR) is 96.0 cm³/mol. The van der Waals surface area contributed by atoms with Crippen molar-refractivity contribution in [2.75, 3.05) is 31.1 Å². The first-order chi connectivity index (χ1) is 11.6. The maximum absolute atomic E-state index is 12.5. The molecule has 1 aliphatic heterocycles. The van der Waals surface area contributed by atoms with Gasteiger partial charge in [0.15, 0.2) is 11.0 Å². The zero-order valence-corrected chi connectivity index (χ0v) is 14.7. The van der Waals surface area contributed by atoms with Gasteiger partial charge in [0, 0.05) is 45.6 Å². The van der Waals surface area contributed by atoms with Crippen LogP contribution in [0.1, 0.15) is 10.6 Å². The van der Waals surface area contributed by atoms with Crippen LogP contribution in [0.3, 0.4) is 0 Å². The number of rotatable bonds is 2. The van der Waals surface area contributed by atoms with E-state index in [-0.39, 0.29) is 5.91 Å². The molecule has 1 fully saturated rings. The number of fused-ring (bicyclic) bond motifs is 1. The summed E-state index contributed by atoms with van der Waals surface area (Å²) in [5.41, 5.74) is 0.852. The van der Waals surface area contributed by atoms with Crippen LogP contribution in [0.25, 0.3) is 10.2 Å². The predicted octanol–water partition coefficient (Wildman–Crippen LogP) is 2.65. The van der Waals surface area contributed by atoms with Crippen molar-refractivity contribution in [2.45, 2.75) is 0 Å². The molecule has 0 unspecified atom stereocenters. The van der Waals surface area contributed by atoms with E-state index in [9.17, 15) is 4.79 Å². The Labute approximate surface area is 148 Å². The number of amides is 1. The van der Waals surface area contributed by atoms with Gasteiger partial charge in [0.25, 0.3) is 5.91 Å². The van der Waals surface area contributed by atoms with Gasteiger partial charge in [-0.15, -0.1) is 0 Å². The molecular formula is C16H16ClN5OS. The lowest BCUT2D eigenvalue weighted by atomic mass is 10.3. The summed E-state index contributed by atoms with van der Waals surface area (Å²) in [6, 6.07) is 5.83. The van der Waals surface area contributed by atoms with Gasteiger partial charge in [0.1, 0.15) is 5.52 Å². The number of halogens is 1. The van der Waals surface area contributed by atoms with E-state index in [2.05, 4.69) is 14.9 Å². The number of piperazine rings is 1. The van der Waals surface area contributed by atoms with E-state index in [0.29, 0.717) is 23.9 Å². The number of imidazole rings is 1. The molecule has 0 saturated carbocycles. The number of carbonyl (C=O) groups excluding carboxylic acids is 1. The van der Waals surface area contributed by atoms with Crippen LogP contribution in [0.2, 0.25) is 5.02 Å². The molecule has 0 radical (unpaired) electrons. The van der Waals surface area contributed by atoms with Crippen molar-refractivity contribution >= 4 is 44.2 Å². The summed E-state index contributed by atoms with van der Waals surface area (Å²) in [5.74, 6) is 0.463. The first-order valence-corrected chi connectivity index (χ1v) is 8.89. The van der Waals surface area contributed by atoms with Gasteiger partial charge >= 0.3 is 0 Å². The van der Waals surface area contributed by atoms with E-state index in [1.54, 1.807) is 28.3 Å². The second kappa shape index (κ2) is 6.07. The SMILES string of the molecule is Cn1ccnc1C(=O)N1CCN(c2nc3c(Cl)cccc3s2)CC1. The van der Waals surface area contributed by atoms with Crippen LogP contribution in [-0.2, 0) is 7.05 Å². The molecule has 0 bridgehead atoms. The summed E-state index contributed by atoms with van der Waals surface area (Å²) in [7, 11) is 1.83. The largest absolute Gasteiger partial charge is 0.345 e. The Hall–Kier alpha value is -2.12. The molecular weight excluding hydrogens is 346 g/mol. The second-order valence-electron chi connectivity index (χ2n) is 5.72. The van der Waals surface area contributed by atoms with Crippen LogP contribution in [0, 0.1) is 0 Å². The topological polar surface area (TPSA) is 54.3 Å². The Morgan fingerprint density at radius 1 is 1.25 bits per heavy atom. The zero-order chi connectivity index (χ0) is 16.7. The lowest BCUT2D eigenvalue weighted by Crippen LogP contribution is -2.49. The minimum Gasteiger partial charge on any atom is -0.345 e. The van der Waals surface area contributed by atoms with Gasteiger partial charge in [0.05, 0.1) is 9.72 Å². The standard InChI is InChI=1S/C16H16ClN5OS/c1-20-6-5-18-14(20)15(23)21-7-9-22(10-8-21)16-19-13-11(17)3-2-4-12(13)24-16/h2-6H,7-10H2,1H3. The van der Waals surface area contributed by atoms with E-state index in [1.807, 2.05) is 30.1 Å². The normalized spacial score (nSPS) is 15.2. The monoisotopic (exact) mass is 361 g/mol. The van der Waals surface area contributed by atoms with Crippen LogP contribution in [-0.4, -0.2) is 51.5 Å². The Balaban J connectivity index is 1.48. The average Bonchev–Trinajstić information content (AvgIpc) is 3.21. The number of hydrogen-bond donors (Lipinski definition) is 0. The van der Waals surface area contributed by atoms with Gasteiger partial charge in [-0.05, 0) is 12.1 Å². The van der Waals surface area contributed by atoms with E-state index >= 15 is 0 Å². The number of thiazole rings is 1. The second-order valence-corrected chi connectivity index (χ2v) is 7.14. The summed E-state index contributed by atoms with van der Waals surface area (Å²) in [6.45, 7) is 2.84. The van der Waals surface area contributed by atoms with Crippen molar-refractivity contribution in [1.29, 1.82) is 0 Å². The van der Waals surface area contributed by atoms with Crippen LogP contribution in [0.15, 0.2) is 30.6 Å². The van der Waals surface area contributed by atoms with Crippen molar-refractivity contribution in [1.82, 2.24) is 19.4 Å². The fourth-order valence-corrected chi connectivity index (χ4v) is 4.17. The molecule has 4 rings (SSSR count). The Kier molecular flexibility index (Phi) is 3.90. The highest BCUT2D eigenvalue weighted by atomic mass is 35.5. The summed E-state index contributed by atoms with van der Waals surface area (Å²) in [5, 5.41) is 1.64. The van der Waals surface area contributed by atoms with Crippen LogP contribution < -0.4 is 4.90 Å². The van der Waals surface area contributed by atoms with Crippen molar-refractivity contribution in [2.24, 2.45) is 7.05 Å². The maximum atomic E-state index is 12.5. The lowest BCUT2D eigenvalue weighted by molar-refractivity contribution is 0.0731. The molecule has 2 aromatic heterocycles. The first-order valence-electron chi connectivity index (χ1n) is 7.70. The first kappa shape index (κ1) is 15.4. The van der Waals surface area contributed by atoms with E-state index in [1.165, 1.54) is 0 Å². The van der Waals surface area contributed by atoms with Crippen LogP contribution in [0.4, 0.5) is 5.13 Å².